The lowest BCUT2D eigenvalue weighted by atomic mass is 9.97. The van der Waals surface area contributed by atoms with Gasteiger partial charge in [0.15, 0.2) is 0 Å². The summed E-state index contributed by atoms with van der Waals surface area (Å²) in [4.78, 5) is 0. The number of halogens is 8. The smallest absolute Gasteiger partial charge is 0.205 e. The molecule has 0 aliphatic rings. The third kappa shape index (κ3) is 3.47. The molecule has 0 amide bonds. The van der Waals surface area contributed by atoms with Gasteiger partial charge in [-0.2, -0.15) is 13.2 Å². The van der Waals surface area contributed by atoms with E-state index in [1.165, 1.54) is 12.1 Å². The highest BCUT2D eigenvalue weighted by Crippen LogP contribution is 2.43. The Morgan fingerprint density at radius 3 is 1.86 bits per heavy atom. The monoisotopic (exact) mass is 374 g/mol. The van der Waals surface area contributed by atoms with Gasteiger partial charge in [0.05, 0.1) is 15.6 Å². The van der Waals surface area contributed by atoms with Crippen molar-refractivity contribution in [3.63, 3.8) is 0 Å². The van der Waals surface area contributed by atoms with Crippen molar-refractivity contribution >= 4 is 34.8 Å². The quantitative estimate of drug-likeness (QED) is 0.484. The first-order valence-corrected chi connectivity index (χ1v) is 6.89. The fourth-order valence-corrected chi connectivity index (χ4v) is 2.97. The molecule has 2 aromatic rings. The van der Waals surface area contributed by atoms with Crippen molar-refractivity contribution in [1.82, 2.24) is 0 Å². The topological polar surface area (TPSA) is 0 Å². The lowest BCUT2D eigenvalue weighted by molar-refractivity contribution is -0.137. The molecule has 0 aliphatic carbocycles. The molecule has 0 radical (unpaired) electrons. The molecular formula is C14H6Cl3F5. The van der Waals surface area contributed by atoms with E-state index < -0.39 is 23.7 Å². The number of rotatable bonds is 2. The van der Waals surface area contributed by atoms with Crippen LogP contribution in [-0.4, -0.2) is 0 Å². The van der Waals surface area contributed by atoms with E-state index in [0.29, 0.717) is 12.1 Å². The van der Waals surface area contributed by atoms with Crippen molar-refractivity contribution in [2.24, 2.45) is 0 Å². The van der Waals surface area contributed by atoms with Gasteiger partial charge in [0, 0.05) is 16.1 Å². The first-order valence-electron chi connectivity index (χ1n) is 5.75. The van der Waals surface area contributed by atoms with Gasteiger partial charge >= 0.3 is 6.18 Å². The van der Waals surface area contributed by atoms with Crippen LogP contribution < -0.4 is 0 Å². The molecule has 0 aromatic heterocycles. The average molecular weight is 376 g/mol. The highest BCUT2D eigenvalue weighted by atomic mass is 35.5. The second-order valence-corrected chi connectivity index (χ2v) is 5.60. The maximum absolute atomic E-state index is 13.1. The van der Waals surface area contributed by atoms with Gasteiger partial charge in [-0.1, -0.05) is 40.9 Å². The molecule has 0 N–H and O–H groups in total. The molecule has 22 heavy (non-hydrogen) atoms. The molecular weight excluding hydrogens is 370 g/mol. The zero-order valence-electron chi connectivity index (χ0n) is 10.5. The minimum absolute atomic E-state index is 0.0109. The van der Waals surface area contributed by atoms with Crippen LogP contribution in [0.4, 0.5) is 22.0 Å². The Labute approximate surface area is 137 Å². The predicted molar refractivity (Wildman–Crippen MR) is 76.9 cm³/mol. The Morgan fingerprint density at radius 1 is 0.864 bits per heavy atom. The summed E-state index contributed by atoms with van der Waals surface area (Å²) in [6, 6.07) is 4.56. The standard InChI is InChI=1S/C14H6Cl3F5/c15-7-4-10(16)12(11(17)5-7)8-2-1-6(14(20,21)22)3-9(8)13(18)19/h1-5,13H. The summed E-state index contributed by atoms with van der Waals surface area (Å²) in [5, 5.41) is 0.127. The number of hydrogen-bond acceptors (Lipinski definition) is 0. The molecule has 0 saturated heterocycles. The summed E-state index contributed by atoms with van der Waals surface area (Å²) in [5.41, 5.74) is -2.14. The van der Waals surface area contributed by atoms with Crippen LogP contribution in [0.5, 0.6) is 0 Å². The Morgan fingerprint density at radius 2 is 1.41 bits per heavy atom. The maximum atomic E-state index is 13.1. The van der Waals surface area contributed by atoms with Gasteiger partial charge in [-0.15, -0.1) is 0 Å². The highest BCUT2D eigenvalue weighted by Gasteiger charge is 2.32. The van der Waals surface area contributed by atoms with E-state index in [0.717, 1.165) is 6.07 Å². The molecule has 0 bridgehead atoms. The Bertz CT molecular complexity index is 687. The average Bonchev–Trinajstić information content (AvgIpc) is 2.36. The second kappa shape index (κ2) is 6.22. The van der Waals surface area contributed by atoms with Crippen LogP contribution in [-0.2, 0) is 6.18 Å². The van der Waals surface area contributed by atoms with Crippen molar-refractivity contribution in [3.8, 4) is 11.1 Å². The van der Waals surface area contributed by atoms with Crippen molar-refractivity contribution in [2.45, 2.75) is 12.6 Å². The van der Waals surface area contributed by atoms with Crippen LogP contribution in [0.15, 0.2) is 30.3 Å². The maximum Gasteiger partial charge on any atom is 0.416 e. The first kappa shape index (κ1) is 17.3. The van der Waals surface area contributed by atoms with E-state index in [1.807, 2.05) is 0 Å². The van der Waals surface area contributed by atoms with Crippen LogP contribution in [0, 0.1) is 0 Å². The van der Waals surface area contributed by atoms with Gasteiger partial charge in [0.1, 0.15) is 0 Å². The molecule has 0 aliphatic heterocycles. The first-order chi connectivity index (χ1) is 10.1. The predicted octanol–water partition coefficient (Wildman–Crippen LogP) is 7.27. The van der Waals surface area contributed by atoms with Gasteiger partial charge < -0.3 is 0 Å². The second-order valence-electron chi connectivity index (χ2n) is 4.34. The zero-order chi connectivity index (χ0) is 16.7. The fourth-order valence-electron chi connectivity index (χ4n) is 1.95. The van der Waals surface area contributed by atoms with Crippen LogP contribution in [0.25, 0.3) is 11.1 Å². The summed E-state index contributed by atoms with van der Waals surface area (Å²) < 4.78 is 64.3. The van der Waals surface area contributed by atoms with Crippen LogP contribution >= 0.6 is 34.8 Å². The van der Waals surface area contributed by atoms with Gasteiger partial charge in [0.2, 0.25) is 0 Å². The number of benzene rings is 2. The molecule has 0 heterocycles. The summed E-state index contributed by atoms with van der Waals surface area (Å²) in [6.07, 6.45) is -7.85. The van der Waals surface area contributed by atoms with E-state index in [-0.39, 0.29) is 26.2 Å². The molecule has 0 nitrogen and oxygen atoms in total. The molecule has 2 aromatic carbocycles. The van der Waals surface area contributed by atoms with Gasteiger partial charge in [0.25, 0.3) is 6.43 Å². The van der Waals surface area contributed by atoms with E-state index in [2.05, 4.69) is 0 Å². The molecule has 0 saturated carbocycles. The summed E-state index contributed by atoms with van der Waals surface area (Å²) in [6.45, 7) is 0. The number of hydrogen-bond donors (Lipinski definition) is 0. The third-order valence-electron chi connectivity index (χ3n) is 2.89. The summed E-state index contributed by atoms with van der Waals surface area (Å²) in [5.74, 6) is 0. The van der Waals surface area contributed by atoms with E-state index in [9.17, 15) is 22.0 Å². The SMILES string of the molecule is FC(F)c1cc(C(F)(F)F)ccc1-c1c(Cl)cc(Cl)cc1Cl. The molecule has 2 rings (SSSR count). The van der Waals surface area contributed by atoms with Crippen LogP contribution in [0.1, 0.15) is 17.6 Å². The van der Waals surface area contributed by atoms with Gasteiger partial charge in [-0.3, -0.25) is 0 Å². The van der Waals surface area contributed by atoms with E-state index >= 15 is 0 Å². The third-order valence-corrected chi connectivity index (χ3v) is 3.70. The largest absolute Gasteiger partial charge is 0.416 e. The summed E-state index contributed by atoms with van der Waals surface area (Å²) in [7, 11) is 0. The van der Waals surface area contributed by atoms with Crippen molar-refractivity contribution in [1.29, 1.82) is 0 Å². The van der Waals surface area contributed by atoms with Crippen LogP contribution in [0.3, 0.4) is 0 Å². The van der Waals surface area contributed by atoms with Gasteiger partial charge in [-0.25, -0.2) is 8.78 Å². The Balaban J connectivity index is 2.71. The number of alkyl halides is 5. The molecule has 0 atom stereocenters. The molecule has 8 heteroatoms. The van der Waals surface area contributed by atoms with Crippen molar-refractivity contribution < 1.29 is 22.0 Å². The highest BCUT2D eigenvalue weighted by molar-refractivity contribution is 6.41. The molecule has 118 valence electrons. The Hall–Kier alpha value is -1.04. The van der Waals surface area contributed by atoms with Crippen molar-refractivity contribution in [3.05, 3.63) is 56.5 Å². The minimum atomic E-state index is -4.73. The van der Waals surface area contributed by atoms with Crippen LogP contribution in [0.2, 0.25) is 15.1 Å². The van der Waals surface area contributed by atoms with E-state index in [1.54, 1.807) is 0 Å². The molecule has 0 spiro atoms. The van der Waals surface area contributed by atoms with E-state index in [4.69, 9.17) is 34.8 Å². The molecule has 0 unspecified atom stereocenters. The molecule has 0 fully saturated rings. The summed E-state index contributed by atoms with van der Waals surface area (Å²) >= 11 is 17.6. The van der Waals surface area contributed by atoms with Crippen molar-refractivity contribution in [2.75, 3.05) is 0 Å². The normalized spacial score (nSPS) is 12.0. The zero-order valence-corrected chi connectivity index (χ0v) is 12.8. The van der Waals surface area contributed by atoms with Gasteiger partial charge in [-0.05, 0) is 29.8 Å². The lowest BCUT2D eigenvalue weighted by Crippen LogP contribution is -2.06. The minimum Gasteiger partial charge on any atom is -0.205 e. The lowest BCUT2D eigenvalue weighted by Gasteiger charge is -2.15. The fraction of sp³-hybridized carbons (Fsp3) is 0.143. The Kier molecular flexibility index (Phi) is 4.90.